The lowest BCUT2D eigenvalue weighted by atomic mass is 10.1. The van der Waals surface area contributed by atoms with Gasteiger partial charge in [-0.1, -0.05) is 42.5 Å². The summed E-state index contributed by atoms with van der Waals surface area (Å²) in [5, 5.41) is 17.0. The Morgan fingerprint density at radius 1 is 1.04 bits per heavy atom. The zero-order chi connectivity index (χ0) is 19.1. The van der Waals surface area contributed by atoms with Crippen LogP contribution in [0.4, 0.5) is 0 Å². The molecule has 2 aromatic carbocycles. The van der Waals surface area contributed by atoms with Crippen molar-refractivity contribution in [1.82, 2.24) is 30.8 Å². The average Bonchev–Trinajstić information content (AvgIpc) is 3.16. The van der Waals surface area contributed by atoms with E-state index in [1.165, 1.54) is 4.68 Å². The lowest BCUT2D eigenvalue weighted by Gasteiger charge is -2.07. The van der Waals surface area contributed by atoms with Crippen LogP contribution in [0.1, 0.15) is 15.9 Å². The Bertz CT molecular complexity index is 905. The van der Waals surface area contributed by atoms with Gasteiger partial charge in [-0.2, -0.15) is 0 Å². The molecular weight excluding hydrogens is 344 g/mol. The number of rotatable bonds is 7. The Labute approximate surface area is 156 Å². The maximum atomic E-state index is 12.2. The molecule has 0 atom stereocenters. The first-order valence-electron chi connectivity index (χ1n) is 8.56. The molecule has 8 heteroatoms. The molecule has 3 aromatic rings. The zero-order valence-electron chi connectivity index (χ0n) is 14.9. The summed E-state index contributed by atoms with van der Waals surface area (Å²) in [6.45, 7) is 0.536. The van der Waals surface area contributed by atoms with Crippen molar-refractivity contribution in [3.8, 4) is 11.4 Å². The highest BCUT2D eigenvalue weighted by molar-refractivity contribution is 5.93. The van der Waals surface area contributed by atoms with Crippen molar-refractivity contribution in [2.24, 2.45) is 0 Å². The van der Waals surface area contributed by atoms with Gasteiger partial charge in [0.1, 0.15) is 6.54 Å². The van der Waals surface area contributed by atoms with E-state index in [9.17, 15) is 9.59 Å². The number of benzene rings is 2. The Kier molecular flexibility index (Phi) is 5.88. The molecule has 0 spiro atoms. The maximum Gasteiger partial charge on any atom is 0.251 e. The van der Waals surface area contributed by atoms with E-state index < -0.39 is 0 Å². The highest BCUT2D eigenvalue weighted by atomic mass is 16.2. The second-order valence-electron chi connectivity index (χ2n) is 5.90. The predicted octanol–water partition coefficient (Wildman–Crippen LogP) is 1.06. The lowest BCUT2D eigenvalue weighted by molar-refractivity contribution is -0.121. The third-order valence-electron chi connectivity index (χ3n) is 4.04. The van der Waals surface area contributed by atoms with Crippen molar-refractivity contribution >= 4 is 11.8 Å². The van der Waals surface area contributed by atoms with Gasteiger partial charge >= 0.3 is 0 Å². The second-order valence-corrected chi connectivity index (χ2v) is 5.90. The number of nitrogens with one attached hydrogen (secondary N) is 2. The molecule has 138 valence electrons. The van der Waals surface area contributed by atoms with Gasteiger partial charge in [-0.25, -0.2) is 4.68 Å². The van der Waals surface area contributed by atoms with E-state index in [2.05, 4.69) is 26.2 Å². The minimum atomic E-state index is -0.165. The van der Waals surface area contributed by atoms with Crippen LogP contribution in [0.25, 0.3) is 11.4 Å². The molecule has 0 saturated carbocycles. The van der Waals surface area contributed by atoms with E-state index in [1.54, 1.807) is 19.2 Å². The molecule has 0 saturated heterocycles. The van der Waals surface area contributed by atoms with Crippen LogP contribution < -0.4 is 10.6 Å². The fraction of sp³-hybridized carbons (Fsp3) is 0.211. The Balaban J connectivity index is 1.51. The molecule has 8 nitrogen and oxygen atoms in total. The lowest BCUT2D eigenvalue weighted by Crippen LogP contribution is -2.30. The van der Waals surface area contributed by atoms with Gasteiger partial charge in [0.15, 0.2) is 5.82 Å². The van der Waals surface area contributed by atoms with Crippen LogP contribution in [0.2, 0.25) is 0 Å². The molecule has 2 N–H and O–H groups in total. The molecule has 0 aliphatic rings. The molecule has 2 amide bonds. The first kappa shape index (κ1) is 18.2. The van der Waals surface area contributed by atoms with Crippen LogP contribution in [0.15, 0.2) is 54.6 Å². The third-order valence-corrected chi connectivity index (χ3v) is 4.04. The Morgan fingerprint density at radius 3 is 2.48 bits per heavy atom. The number of amides is 2. The van der Waals surface area contributed by atoms with Crippen molar-refractivity contribution in [1.29, 1.82) is 0 Å². The summed E-state index contributed by atoms with van der Waals surface area (Å²) in [5.41, 5.74) is 2.50. The standard InChI is InChI=1S/C19H20N6O2/c1-20-19(27)16-9-7-14(8-10-16)11-12-21-17(26)13-25-18(22-23-24-25)15-5-3-2-4-6-15/h2-10H,11-13H2,1H3,(H,20,27)(H,21,26). The quantitative estimate of drug-likeness (QED) is 0.653. The monoisotopic (exact) mass is 364 g/mol. The average molecular weight is 364 g/mol. The number of carbonyl (C=O) groups is 2. The molecule has 0 aliphatic heterocycles. The minimum Gasteiger partial charge on any atom is -0.355 e. The van der Waals surface area contributed by atoms with Crippen molar-refractivity contribution in [2.45, 2.75) is 13.0 Å². The molecular formula is C19H20N6O2. The van der Waals surface area contributed by atoms with E-state index in [4.69, 9.17) is 0 Å². The second kappa shape index (κ2) is 8.70. The van der Waals surface area contributed by atoms with Crippen molar-refractivity contribution in [3.63, 3.8) is 0 Å². The molecule has 1 heterocycles. The number of hydrogen-bond acceptors (Lipinski definition) is 5. The van der Waals surface area contributed by atoms with Gasteiger partial charge in [-0.05, 0) is 34.5 Å². The fourth-order valence-corrected chi connectivity index (χ4v) is 2.61. The molecule has 0 bridgehead atoms. The van der Waals surface area contributed by atoms with E-state index in [0.29, 0.717) is 24.4 Å². The molecule has 0 radical (unpaired) electrons. The summed E-state index contributed by atoms with van der Waals surface area (Å²) < 4.78 is 1.48. The van der Waals surface area contributed by atoms with E-state index in [1.807, 2.05) is 42.5 Å². The van der Waals surface area contributed by atoms with E-state index in [0.717, 1.165) is 11.1 Å². The van der Waals surface area contributed by atoms with Crippen LogP contribution in [0.3, 0.4) is 0 Å². The Morgan fingerprint density at radius 2 is 1.78 bits per heavy atom. The van der Waals surface area contributed by atoms with Crippen molar-refractivity contribution < 1.29 is 9.59 Å². The molecule has 0 unspecified atom stereocenters. The van der Waals surface area contributed by atoms with Crippen LogP contribution in [-0.2, 0) is 17.8 Å². The van der Waals surface area contributed by atoms with Gasteiger partial charge in [-0.15, -0.1) is 5.10 Å². The first-order chi connectivity index (χ1) is 13.2. The summed E-state index contributed by atoms with van der Waals surface area (Å²) in [6.07, 6.45) is 0.668. The summed E-state index contributed by atoms with van der Waals surface area (Å²) in [7, 11) is 1.60. The Hall–Kier alpha value is -3.55. The highest BCUT2D eigenvalue weighted by Gasteiger charge is 2.11. The van der Waals surface area contributed by atoms with Gasteiger partial charge in [-0.3, -0.25) is 9.59 Å². The molecule has 1 aromatic heterocycles. The minimum absolute atomic E-state index is 0.0484. The van der Waals surface area contributed by atoms with Gasteiger partial charge in [0.25, 0.3) is 5.91 Å². The topological polar surface area (TPSA) is 102 Å². The predicted molar refractivity (Wildman–Crippen MR) is 99.8 cm³/mol. The molecule has 0 aliphatic carbocycles. The number of aromatic nitrogens is 4. The van der Waals surface area contributed by atoms with E-state index in [-0.39, 0.29) is 18.4 Å². The molecule has 27 heavy (non-hydrogen) atoms. The fourth-order valence-electron chi connectivity index (χ4n) is 2.61. The number of nitrogens with zero attached hydrogens (tertiary/aromatic N) is 4. The van der Waals surface area contributed by atoms with Crippen LogP contribution >= 0.6 is 0 Å². The number of carbonyl (C=O) groups excluding carboxylic acids is 2. The first-order valence-corrected chi connectivity index (χ1v) is 8.56. The van der Waals surface area contributed by atoms with Crippen molar-refractivity contribution in [2.75, 3.05) is 13.6 Å². The molecule has 0 fully saturated rings. The SMILES string of the molecule is CNC(=O)c1ccc(CCNC(=O)Cn2nnnc2-c2ccccc2)cc1. The summed E-state index contributed by atoms with van der Waals surface area (Å²) >= 11 is 0. The summed E-state index contributed by atoms with van der Waals surface area (Å²) in [6, 6.07) is 16.8. The summed E-state index contributed by atoms with van der Waals surface area (Å²) in [5.74, 6) is 0.266. The molecule has 3 rings (SSSR count). The number of tetrazole rings is 1. The highest BCUT2D eigenvalue weighted by Crippen LogP contribution is 2.14. The van der Waals surface area contributed by atoms with Crippen molar-refractivity contribution in [3.05, 3.63) is 65.7 Å². The van der Waals surface area contributed by atoms with Gasteiger partial charge < -0.3 is 10.6 Å². The maximum absolute atomic E-state index is 12.2. The van der Waals surface area contributed by atoms with Crippen LogP contribution in [0, 0.1) is 0 Å². The van der Waals surface area contributed by atoms with Gasteiger partial charge in [0.05, 0.1) is 0 Å². The van der Waals surface area contributed by atoms with Gasteiger partial charge in [0.2, 0.25) is 5.91 Å². The zero-order valence-corrected chi connectivity index (χ0v) is 14.9. The van der Waals surface area contributed by atoms with Gasteiger partial charge in [0, 0.05) is 24.7 Å². The third kappa shape index (κ3) is 4.75. The largest absolute Gasteiger partial charge is 0.355 e. The number of hydrogen-bond donors (Lipinski definition) is 2. The normalized spacial score (nSPS) is 10.4. The summed E-state index contributed by atoms with van der Waals surface area (Å²) in [4.78, 5) is 23.7. The van der Waals surface area contributed by atoms with Crippen LogP contribution in [-0.4, -0.2) is 45.6 Å². The van der Waals surface area contributed by atoms with Crippen LogP contribution in [0.5, 0.6) is 0 Å². The smallest absolute Gasteiger partial charge is 0.251 e. The van der Waals surface area contributed by atoms with E-state index >= 15 is 0 Å².